The first kappa shape index (κ1) is 24.7. The molecule has 2 aromatic carbocycles. The molecule has 0 amide bonds. The van der Waals surface area contributed by atoms with Crippen molar-refractivity contribution in [2.24, 2.45) is 0 Å². The standard InChI is InChI=1S/C30H46/c1-2-3-4-5-6-7-8-9-10-11-12-13-14-15-16-17-18-19-22-28-25-26-29-23-20-21-24-30(29)27-28/h9-10,20-21,23-27H,2-8,11-19,22H2,1H3/b10-9+. The van der Waals surface area contributed by atoms with Crippen molar-refractivity contribution in [3.05, 3.63) is 60.2 Å². The van der Waals surface area contributed by atoms with E-state index in [9.17, 15) is 0 Å². The zero-order chi connectivity index (χ0) is 21.1. The first-order valence-corrected chi connectivity index (χ1v) is 13.0. The predicted molar refractivity (Wildman–Crippen MR) is 136 cm³/mol. The lowest BCUT2D eigenvalue weighted by Gasteiger charge is -2.05. The third kappa shape index (κ3) is 11.6. The van der Waals surface area contributed by atoms with Crippen LogP contribution in [0, 0.1) is 0 Å². The molecule has 0 aliphatic heterocycles. The van der Waals surface area contributed by atoms with Crippen LogP contribution in [0.1, 0.15) is 115 Å². The summed E-state index contributed by atoms with van der Waals surface area (Å²) in [4.78, 5) is 0. The molecule has 0 radical (unpaired) electrons. The van der Waals surface area contributed by atoms with Crippen LogP contribution in [0.2, 0.25) is 0 Å². The SMILES string of the molecule is CCCCCCCC/C=C/CCCCCCCCCCc1ccc2ccccc2c1. The highest BCUT2D eigenvalue weighted by molar-refractivity contribution is 5.82. The number of hydrogen-bond acceptors (Lipinski definition) is 0. The Bertz CT molecular complexity index is 681. The van der Waals surface area contributed by atoms with Crippen LogP contribution < -0.4 is 0 Å². The molecular weight excluding hydrogens is 360 g/mol. The fraction of sp³-hybridized carbons (Fsp3) is 0.600. The summed E-state index contributed by atoms with van der Waals surface area (Å²) in [6.07, 6.45) is 28.3. The molecular formula is C30H46. The molecule has 0 heteroatoms. The zero-order valence-electron chi connectivity index (χ0n) is 19.7. The third-order valence-corrected chi connectivity index (χ3v) is 6.29. The average molecular weight is 407 g/mol. The summed E-state index contributed by atoms with van der Waals surface area (Å²) in [5.41, 5.74) is 1.50. The Balaban J connectivity index is 1.34. The van der Waals surface area contributed by atoms with E-state index in [1.165, 1.54) is 125 Å². The average Bonchev–Trinajstić information content (AvgIpc) is 2.78. The van der Waals surface area contributed by atoms with Crippen molar-refractivity contribution < 1.29 is 0 Å². The largest absolute Gasteiger partial charge is 0.0885 e. The fourth-order valence-corrected chi connectivity index (χ4v) is 4.32. The second-order valence-corrected chi connectivity index (χ2v) is 9.08. The Morgan fingerprint density at radius 1 is 0.533 bits per heavy atom. The molecule has 2 rings (SSSR count). The second-order valence-electron chi connectivity index (χ2n) is 9.08. The van der Waals surface area contributed by atoms with Crippen molar-refractivity contribution in [3.8, 4) is 0 Å². The summed E-state index contributed by atoms with van der Waals surface area (Å²) in [5.74, 6) is 0. The van der Waals surface area contributed by atoms with Gasteiger partial charge in [-0.2, -0.15) is 0 Å². The second kappa shape index (κ2) is 17.2. The summed E-state index contributed by atoms with van der Waals surface area (Å²) < 4.78 is 0. The Morgan fingerprint density at radius 2 is 1.07 bits per heavy atom. The highest BCUT2D eigenvalue weighted by atomic mass is 14.0. The molecule has 0 unspecified atom stereocenters. The molecule has 30 heavy (non-hydrogen) atoms. The van der Waals surface area contributed by atoms with Crippen molar-refractivity contribution in [2.75, 3.05) is 0 Å². The van der Waals surface area contributed by atoms with Crippen molar-refractivity contribution in [2.45, 2.75) is 116 Å². The lowest BCUT2D eigenvalue weighted by atomic mass is 10.0. The lowest BCUT2D eigenvalue weighted by molar-refractivity contribution is 0.569. The van der Waals surface area contributed by atoms with Gasteiger partial charge in [-0.3, -0.25) is 0 Å². The van der Waals surface area contributed by atoms with Gasteiger partial charge in [0.05, 0.1) is 0 Å². The van der Waals surface area contributed by atoms with Gasteiger partial charge in [-0.25, -0.2) is 0 Å². The van der Waals surface area contributed by atoms with E-state index in [2.05, 4.69) is 61.5 Å². The molecule has 0 saturated heterocycles. The maximum Gasteiger partial charge on any atom is -0.0181 e. The molecule has 0 spiro atoms. The Kier molecular flexibility index (Phi) is 14.1. The van der Waals surface area contributed by atoms with Gasteiger partial charge in [0.2, 0.25) is 0 Å². The molecule has 0 nitrogen and oxygen atoms in total. The number of fused-ring (bicyclic) bond motifs is 1. The van der Waals surface area contributed by atoms with E-state index < -0.39 is 0 Å². The molecule has 0 heterocycles. The summed E-state index contributed by atoms with van der Waals surface area (Å²) >= 11 is 0. The van der Waals surface area contributed by atoms with Crippen LogP contribution in [-0.4, -0.2) is 0 Å². The maximum atomic E-state index is 2.43. The van der Waals surface area contributed by atoms with Gasteiger partial charge in [0.15, 0.2) is 0 Å². The minimum Gasteiger partial charge on any atom is -0.0885 e. The van der Waals surface area contributed by atoms with E-state index in [4.69, 9.17) is 0 Å². The first-order chi connectivity index (χ1) is 14.9. The number of benzene rings is 2. The van der Waals surface area contributed by atoms with Gasteiger partial charge in [-0.05, 0) is 54.9 Å². The smallest absolute Gasteiger partial charge is 0.0181 e. The monoisotopic (exact) mass is 406 g/mol. The molecule has 0 aliphatic carbocycles. The molecule has 0 aliphatic rings. The van der Waals surface area contributed by atoms with E-state index in [-0.39, 0.29) is 0 Å². The van der Waals surface area contributed by atoms with Crippen LogP contribution >= 0.6 is 0 Å². The number of unbranched alkanes of at least 4 members (excludes halogenated alkanes) is 14. The normalized spacial score (nSPS) is 11.6. The molecule has 0 fully saturated rings. The van der Waals surface area contributed by atoms with Gasteiger partial charge in [0, 0.05) is 0 Å². The Morgan fingerprint density at radius 3 is 1.70 bits per heavy atom. The van der Waals surface area contributed by atoms with Gasteiger partial charge in [-0.15, -0.1) is 0 Å². The highest BCUT2D eigenvalue weighted by Gasteiger charge is 1.97. The summed E-state index contributed by atoms with van der Waals surface area (Å²) in [7, 11) is 0. The van der Waals surface area contributed by atoms with Gasteiger partial charge in [0.25, 0.3) is 0 Å². The number of rotatable bonds is 18. The topological polar surface area (TPSA) is 0 Å². The van der Waals surface area contributed by atoms with Gasteiger partial charge >= 0.3 is 0 Å². The Hall–Kier alpha value is -1.56. The van der Waals surface area contributed by atoms with Gasteiger partial charge < -0.3 is 0 Å². The maximum absolute atomic E-state index is 2.43. The van der Waals surface area contributed by atoms with Crippen LogP contribution in [0.5, 0.6) is 0 Å². The first-order valence-electron chi connectivity index (χ1n) is 13.0. The van der Waals surface area contributed by atoms with Crippen molar-refractivity contribution in [1.82, 2.24) is 0 Å². The van der Waals surface area contributed by atoms with Crippen LogP contribution in [0.4, 0.5) is 0 Å². The van der Waals surface area contributed by atoms with E-state index in [1.807, 2.05) is 0 Å². The Labute approximate surface area is 187 Å². The summed E-state index contributed by atoms with van der Waals surface area (Å²) in [6.45, 7) is 2.29. The zero-order valence-corrected chi connectivity index (χ0v) is 19.7. The van der Waals surface area contributed by atoms with Crippen molar-refractivity contribution >= 4 is 10.8 Å². The summed E-state index contributed by atoms with van der Waals surface area (Å²) in [6, 6.07) is 15.6. The molecule has 0 atom stereocenters. The molecule has 0 saturated carbocycles. The van der Waals surface area contributed by atoms with Gasteiger partial charge in [0.1, 0.15) is 0 Å². The highest BCUT2D eigenvalue weighted by Crippen LogP contribution is 2.18. The van der Waals surface area contributed by atoms with E-state index >= 15 is 0 Å². The van der Waals surface area contributed by atoms with Crippen molar-refractivity contribution in [1.29, 1.82) is 0 Å². The number of aryl methyl sites for hydroxylation is 1. The van der Waals surface area contributed by atoms with Crippen LogP contribution in [-0.2, 0) is 6.42 Å². The molecule has 0 aromatic heterocycles. The van der Waals surface area contributed by atoms with E-state index in [0.717, 1.165) is 0 Å². The molecule has 0 bridgehead atoms. The fourth-order valence-electron chi connectivity index (χ4n) is 4.32. The minimum atomic E-state index is 1.23. The minimum absolute atomic E-state index is 1.23. The van der Waals surface area contributed by atoms with E-state index in [1.54, 1.807) is 0 Å². The third-order valence-electron chi connectivity index (χ3n) is 6.29. The molecule has 2 aromatic rings. The van der Waals surface area contributed by atoms with Crippen LogP contribution in [0.25, 0.3) is 10.8 Å². The van der Waals surface area contributed by atoms with Crippen LogP contribution in [0.3, 0.4) is 0 Å². The van der Waals surface area contributed by atoms with Crippen LogP contribution in [0.15, 0.2) is 54.6 Å². The number of allylic oxidation sites excluding steroid dienone is 2. The van der Waals surface area contributed by atoms with Gasteiger partial charge in [-0.1, -0.05) is 132 Å². The quantitative estimate of drug-likeness (QED) is 0.170. The number of hydrogen-bond donors (Lipinski definition) is 0. The lowest BCUT2D eigenvalue weighted by Crippen LogP contribution is -1.87. The van der Waals surface area contributed by atoms with E-state index in [0.29, 0.717) is 0 Å². The summed E-state index contributed by atoms with van der Waals surface area (Å²) in [5, 5.41) is 2.74. The molecule has 0 N–H and O–H groups in total. The predicted octanol–water partition coefficient (Wildman–Crippen LogP) is 10.2. The van der Waals surface area contributed by atoms with Crippen molar-refractivity contribution in [3.63, 3.8) is 0 Å². The molecule has 166 valence electrons.